The number of methoxy groups -OCH3 is 1. The van der Waals surface area contributed by atoms with Crippen LogP contribution in [0.5, 0.6) is 5.75 Å². The maximum atomic E-state index is 14.1. The van der Waals surface area contributed by atoms with E-state index in [4.69, 9.17) is 30.5 Å². The normalized spacial score (nSPS) is 14.8. The fourth-order valence-electron chi connectivity index (χ4n) is 4.68. The Labute approximate surface area is 258 Å². The van der Waals surface area contributed by atoms with Gasteiger partial charge in [0, 0.05) is 34.6 Å². The molecule has 0 bridgehead atoms. The molecule has 216 valence electrons. The highest BCUT2D eigenvalue weighted by molar-refractivity contribution is 7.99. The predicted octanol–water partition coefficient (Wildman–Crippen LogP) is 5.13. The number of furan rings is 1. The average molecular weight is 631 g/mol. The van der Waals surface area contributed by atoms with Gasteiger partial charge in [-0.1, -0.05) is 53.3 Å². The third-order valence-corrected chi connectivity index (χ3v) is 8.50. The summed E-state index contributed by atoms with van der Waals surface area (Å²) < 4.78 is 19.0. The number of hydrogen-bond donors (Lipinski definition) is 0. The van der Waals surface area contributed by atoms with Gasteiger partial charge in [-0.2, -0.15) is 0 Å². The number of hydrogen-bond acceptors (Lipinski definition) is 10. The number of ether oxygens (including phenoxy) is 2. The van der Waals surface area contributed by atoms with Crippen molar-refractivity contribution in [1.29, 1.82) is 0 Å². The summed E-state index contributed by atoms with van der Waals surface area (Å²) in [5.74, 6) is 0.326. The molecule has 2 aromatic carbocycles. The van der Waals surface area contributed by atoms with Crippen LogP contribution in [0, 0.1) is 0 Å². The quantitative estimate of drug-likeness (QED) is 0.171. The van der Waals surface area contributed by atoms with Crippen LogP contribution in [0.15, 0.2) is 109 Å². The van der Waals surface area contributed by atoms with Crippen molar-refractivity contribution in [3.8, 4) is 5.75 Å². The van der Waals surface area contributed by atoms with Crippen LogP contribution >= 0.6 is 34.7 Å². The minimum atomic E-state index is -0.931. The molecule has 0 amide bonds. The van der Waals surface area contributed by atoms with Crippen LogP contribution in [0.2, 0.25) is 5.02 Å². The van der Waals surface area contributed by atoms with E-state index in [-0.39, 0.29) is 17.7 Å². The van der Waals surface area contributed by atoms with E-state index in [2.05, 4.69) is 9.97 Å². The molecular weight excluding hydrogens is 608 g/mol. The first-order chi connectivity index (χ1) is 21.0. The van der Waals surface area contributed by atoms with Crippen LogP contribution in [0.4, 0.5) is 0 Å². The summed E-state index contributed by atoms with van der Waals surface area (Å²) in [5, 5.41) is 1.53. The molecule has 1 atom stereocenters. The number of aromatic nitrogens is 3. The number of rotatable bonds is 8. The Morgan fingerprint density at radius 3 is 2.65 bits per heavy atom. The van der Waals surface area contributed by atoms with Gasteiger partial charge in [0.15, 0.2) is 15.1 Å². The molecule has 5 aromatic rings. The number of thiazole rings is 1. The third kappa shape index (κ3) is 5.79. The second-order valence-corrected chi connectivity index (χ2v) is 11.5. The van der Waals surface area contributed by atoms with Crippen LogP contribution in [0.25, 0.3) is 11.8 Å². The van der Waals surface area contributed by atoms with Gasteiger partial charge in [0.1, 0.15) is 17.6 Å². The van der Waals surface area contributed by atoms with E-state index in [1.165, 1.54) is 34.8 Å². The molecule has 0 unspecified atom stereocenters. The number of carbonyl (C=O) groups excluding carboxylic acids is 1. The van der Waals surface area contributed by atoms with Crippen LogP contribution in [0.3, 0.4) is 0 Å². The van der Waals surface area contributed by atoms with Crippen LogP contribution in [-0.2, 0) is 9.53 Å². The number of fused-ring (bicyclic) bond motifs is 1. The lowest BCUT2D eigenvalue weighted by molar-refractivity contribution is -0.138. The van der Waals surface area contributed by atoms with Crippen molar-refractivity contribution in [2.75, 3.05) is 13.7 Å². The summed E-state index contributed by atoms with van der Waals surface area (Å²) in [4.78, 5) is 41.4. The van der Waals surface area contributed by atoms with Crippen molar-refractivity contribution in [1.82, 2.24) is 14.5 Å². The zero-order chi connectivity index (χ0) is 29.9. The third-order valence-electron chi connectivity index (χ3n) is 6.47. The highest BCUT2D eigenvalue weighted by Crippen LogP contribution is 2.39. The lowest BCUT2D eigenvalue weighted by atomic mass is 9.92. The van der Waals surface area contributed by atoms with E-state index in [1.54, 1.807) is 61.8 Å². The van der Waals surface area contributed by atoms with Crippen LogP contribution in [0.1, 0.15) is 29.9 Å². The van der Waals surface area contributed by atoms with Gasteiger partial charge in [0.2, 0.25) is 0 Å². The van der Waals surface area contributed by atoms with E-state index < -0.39 is 12.0 Å². The number of carbonyl (C=O) groups is 1. The highest BCUT2D eigenvalue weighted by atomic mass is 35.5. The monoisotopic (exact) mass is 630 g/mol. The Kier molecular flexibility index (Phi) is 8.28. The minimum Gasteiger partial charge on any atom is -0.496 e. The summed E-state index contributed by atoms with van der Waals surface area (Å²) in [6.45, 7) is 1.87. The van der Waals surface area contributed by atoms with Crippen molar-refractivity contribution in [3.05, 3.63) is 126 Å². The number of esters is 1. The largest absolute Gasteiger partial charge is 0.496 e. The Balaban J connectivity index is 1.56. The van der Waals surface area contributed by atoms with Gasteiger partial charge in [-0.3, -0.25) is 9.36 Å². The van der Waals surface area contributed by atoms with Gasteiger partial charge in [-0.05, 0) is 55.1 Å². The Morgan fingerprint density at radius 1 is 1.12 bits per heavy atom. The second kappa shape index (κ2) is 12.4. The first-order valence-electron chi connectivity index (χ1n) is 13.1. The van der Waals surface area contributed by atoms with Gasteiger partial charge >= 0.3 is 5.97 Å². The molecule has 0 fully saturated rings. The molecule has 1 aliphatic heterocycles. The molecule has 3 aromatic heterocycles. The van der Waals surface area contributed by atoms with Gasteiger partial charge in [0.25, 0.3) is 5.56 Å². The lowest BCUT2D eigenvalue weighted by Crippen LogP contribution is -2.40. The standard InChI is InChI=1S/C31H23ClN4O5S2/c1-3-40-29(38)25-26(18-8-5-4-6-9-18)35-31-36(27(25)21-16-19(32)10-12-22(21)39-2)28(37)23(42-31)17-20-11-13-24(41-20)43-30-33-14-7-15-34-30/h4-17,27H,3H2,1-2H3/b23-17-/t27-/m1/s1. The van der Waals surface area contributed by atoms with Crippen molar-refractivity contribution in [2.45, 2.75) is 23.2 Å². The maximum Gasteiger partial charge on any atom is 0.338 e. The molecule has 0 N–H and O–H groups in total. The van der Waals surface area contributed by atoms with Crippen molar-refractivity contribution in [3.63, 3.8) is 0 Å². The molecule has 12 heteroatoms. The molecule has 6 rings (SSSR count). The van der Waals surface area contributed by atoms with E-state index in [0.717, 1.165) is 0 Å². The number of halogens is 1. The zero-order valence-corrected chi connectivity index (χ0v) is 25.3. The van der Waals surface area contributed by atoms with E-state index in [0.29, 0.717) is 52.9 Å². The first kappa shape index (κ1) is 28.7. The topological polar surface area (TPSA) is 109 Å². The molecular formula is C31H23ClN4O5S2. The van der Waals surface area contributed by atoms with Crippen LogP contribution < -0.4 is 19.6 Å². The number of nitrogens with zero attached hydrogens (tertiary/aromatic N) is 4. The molecule has 9 nitrogen and oxygen atoms in total. The fraction of sp³-hybridized carbons (Fsp3) is 0.129. The molecule has 4 heterocycles. The molecule has 0 saturated heterocycles. The summed E-state index contributed by atoms with van der Waals surface area (Å²) in [7, 11) is 1.52. The summed E-state index contributed by atoms with van der Waals surface area (Å²) in [6.07, 6.45) is 4.96. The van der Waals surface area contributed by atoms with E-state index in [9.17, 15) is 9.59 Å². The van der Waals surface area contributed by atoms with Crippen molar-refractivity contribution >= 4 is 52.4 Å². The molecule has 0 radical (unpaired) electrons. The first-order valence-corrected chi connectivity index (χ1v) is 15.1. The van der Waals surface area contributed by atoms with Gasteiger partial charge in [0.05, 0.1) is 29.5 Å². The number of benzene rings is 2. The maximum absolute atomic E-state index is 14.1. The molecule has 1 aliphatic rings. The lowest BCUT2D eigenvalue weighted by Gasteiger charge is -2.27. The Morgan fingerprint density at radius 2 is 1.91 bits per heavy atom. The van der Waals surface area contributed by atoms with Crippen molar-refractivity contribution in [2.24, 2.45) is 4.99 Å². The predicted molar refractivity (Wildman–Crippen MR) is 164 cm³/mol. The Hall–Kier alpha value is -4.45. The molecule has 0 saturated carbocycles. The fourth-order valence-corrected chi connectivity index (χ4v) is 6.52. The molecule has 43 heavy (non-hydrogen) atoms. The summed E-state index contributed by atoms with van der Waals surface area (Å²) in [6, 6.07) is 18.8. The smallest absolute Gasteiger partial charge is 0.338 e. The van der Waals surface area contributed by atoms with Crippen LogP contribution in [-0.4, -0.2) is 34.2 Å². The summed E-state index contributed by atoms with van der Waals surface area (Å²) in [5.41, 5.74) is 1.46. The van der Waals surface area contributed by atoms with E-state index in [1.807, 2.05) is 30.3 Å². The highest BCUT2D eigenvalue weighted by Gasteiger charge is 2.37. The second-order valence-electron chi connectivity index (χ2n) is 9.11. The van der Waals surface area contributed by atoms with Gasteiger partial charge in [-0.25, -0.2) is 19.8 Å². The molecule has 0 spiro atoms. The average Bonchev–Trinajstić information content (AvgIpc) is 3.60. The summed E-state index contributed by atoms with van der Waals surface area (Å²) >= 11 is 8.91. The Bertz CT molecular complexity index is 2020. The minimum absolute atomic E-state index is 0.140. The molecule has 0 aliphatic carbocycles. The SMILES string of the molecule is CCOC(=O)C1=C(c2ccccc2)N=c2s/c(=C\c3ccc(Sc4ncccn4)o3)c(=O)n2[C@@H]1c1cc(Cl)ccc1OC. The zero-order valence-electron chi connectivity index (χ0n) is 22.9. The van der Waals surface area contributed by atoms with Crippen molar-refractivity contribution < 1.29 is 18.7 Å². The van der Waals surface area contributed by atoms with Gasteiger partial charge < -0.3 is 13.9 Å². The van der Waals surface area contributed by atoms with E-state index >= 15 is 0 Å². The van der Waals surface area contributed by atoms with Gasteiger partial charge in [-0.15, -0.1) is 0 Å².